The van der Waals surface area contributed by atoms with Gasteiger partial charge in [0.05, 0.1) is 4.88 Å². The highest BCUT2D eigenvalue weighted by molar-refractivity contribution is 7.12. The van der Waals surface area contributed by atoms with Crippen molar-refractivity contribution in [2.75, 3.05) is 6.61 Å². The largest absolute Gasteiger partial charge is 0.454 e. The van der Waals surface area contributed by atoms with Crippen LogP contribution in [0.15, 0.2) is 42.9 Å². The van der Waals surface area contributed by atoms with Crippen molar-refractivity contribution in [1.82, 2.24) is 0 Å². The molecule has 1 aliphatic heterocycles. The molecule has 0 bridgehead atoms. The van der Waals surface area contributed by atoms with Crippen molar-refractivity contribution < 1.29 is 18.7 Å². The monoisotopic (exact) mass is 430 g/mol. The smallest absolute Gasteiger partial charge is 0.275 e. The molecule has 2 heterocycles. The van der Waals surface area contributed by atoms with E-state index in [1.54, 1.807) is 0 Å². The second-order valence-corrected chi connectivity index (χ2v) is 14.9. The number of ether oxygens (including phenoxy) is 2. The van der Waals surface area contributed by atoms with Gasteiger partial charge in [-0.1, -0.05) is 45.0 Å². The number of hydrogen-bond acceptors (Lipinski definition) is 5. The van der Waals surface area contributed by atoms with Gasteiger partial charge in [-0.25, -0.2) is 0 Å². The van der Waals surface area contributed by atoms with E-state index < -0.39 is 14.6 Å². The molecule has 0 amide bonds. The lowest BCUT2D eigenvalue weighted by Crippen LogP contribution is -2.41. The Morgan fingerprint density at radius 3 is 2.45 bits per heavy atom. The molecule has 0 saturated heterocycles. The summed E-state index contributed by atoms with van der Waals surface area (Å²) in [5, 5.41) is 0.172. The summed E-state index contributed by atoms with van der Waals surface area (Å²) in [7, 11) is -1.81. The number of carbonyl (C=O) groups is 1. The summed E-state index contributed by atoms with van der Waals surface area (Å²) in [6.07, 6.45) is 3.33. The average Bonchev–Trinajstić information content (AvgIpc) is 3.30. The molecule has 0 aliphatic carbocycles. The Morgan fingerprint density at radius 2 is 1.79 bits per heavy atom. The van der Waals surface area contributed by atoms with Crippen LogP contribution in [-0.4, -0.2) is 20.7 Å². The number of rotatable bonds is 7. The highest BCUT2D eigenvalue weighted by atomic mass is 32.1. The van der Waals surface area contributed by atoms with Crippen LogP contribution < -0.4 is 0 Å². The highest BCUT2D eigenvalue weighted by Gasteiger charge is 2.37. The molecule has 2 aromatic rings. The van der Waals surface area contributed by atoms with E-state index in [2.05, 4.69) is 33.9 Å². The van der Waals surface area contributed by atoms with Crippen LogP contribution in [0, 0.1) is 6.92 Å². The van der Waals surface area contributed by atoms with Gasteiger partial charge in [-0.15, -0.1) is 11.3 Å². The minimum Gasteiger partial charge on any atom is -0.454 e. The van der Waals surface area contributed by atoms with Crippen molar-refractivity contribution in [3.8, 4) is 0 Å². The van der Waals surface area contributed by atoms with Crippen LogP contribution in [-0.2, 0) is 20.3 Å². The molecule has 0 atom stereocenters. The molecule has 3 rings (SSSR count). The molecule has 4 nitrogen and oxygen atoms in total. The van der Waals surface area contributed by atoms with Gasteiger partial charge in [0.25, 0.3) is 6.29 Å². The van der Waals surface area contributed by atoms with E-state index >= 15 is 0 Å². The zero-order valence-electron chi connectivity index (χ0n) is 18.1. The van der Waals surface area contributed by atoms with Crippen LogP contribution in [0.1, 0.15) is 58.3 Å². The van der Waals surface area contributed by atoms with E-state index in [9.17, 15) is 4.79 Å². The van der Waals surface area contributed by atoms with Gasteiger partial charge in [0.15, 0.2) is 14.1 Å². The summed E-state index contributed by atoms with van der Waals surface area (Å²) in [5.41, 5.74) is 2.48. The molecule has 0 spiro atoms. The SMILES string of the molecule is Cc1sc(C2OC=CO2)cc1C(=O)c1ccccc1CCO[Si](C)(C)C(C)(C)C. The Kier molecular flexibility index (Phi) is 6.36. The Balaban J connectivity index is 1.76. The van der Waals surface area contributed by atoms with Gasteiger partial charge >= 0.3 is 0 Å². The van der Waals surface area contributed by atoms with E-state index in [4.69, 9.17) is 13.9 Å². The number of carbonyl (C=O) groups excluding carboxylic acids is 1. The summed E-state index contributed by atoms with van der Waals surface area (Å²) in [6.45, 7) is 13.8. The summed E-state index contributed by atoms with van der Waals surface area (Å²) < 4.78 is 17.1. The number of thiophene rings is 1. The van der Waals surface area contributed by atoms with Crippen LogP contribution in [0.5, 0.6) is 0 Å². The first-order chi connectivity index (χ1) is 13.6. The van der Waals surface area contributed by atoms with Crippen LogP contribution in [0.25, 0.3) is 0 Å². The summed E-state index contributed by atoms with van der Waals surface area (Å²) >= 11 is 1.53. The van der Waals surface area contributed by atoms with Gasteiger partial charge < -0.3 is 13.9 Å². The lowest BCUT2D eigenvalue weighted by molar-refractivity contribution is -0.0216. The summed E-state index contributed by atoms with van der Waals surface area (Å²) in [5.74, 6) is 0.0406. The first-order valence-corrected chi connectivity index (χ1v) is 13.7. The molecule has 0 fully saturated rings. The molecule has 156 valence electrons. The van der Waals surface area contributed by atoms with E-state index in [0.29, 0.717) is 12.2 Å². The molecule has 29 heavy (non-hydrogen) atoms. The predicted octanol–water partition coefficient (Wildman–Crippen LogP) is 6.37. The minimum absolute atomic E-state index is 0.0406. The van der Waals surface area contributed by atoms with E-state index in [0.717, 1.165) is 27.3 Å². The quantitative estimate of drug-likeness (QED) is 0.378. The van der Waals surface area contributed by atoms with Gasteiger partial charge in [0, 0.05) is 22.6 Å². The molecule has 0 saturated carbocycles. The molecule has 0 N–H and O–H groups in total. The predicted molar refractivity (Wildman–Crippen MR) is 120 cm³/mol. The maximum atomic E-state index is 13.3. The van der Waals surface area contributed by atoms with Gasteiger partial charge in [-0.05, 0) is 43.1 Å². The summed E-state index contributed by atoms with van der Waals surface area (Å²) in [4.78, 5) is 15.2. The lowest BCUT2D eigenvalue weighted by atomic mass is 9.97. The van der Waals surface area contributed by atoms with Crippen LogP contribution in [0.4, 0.5) is 0 Å². The molecule has 0 radical (unpaired) electrons. The fourth-order valence-electron chi connectivity index (χ4n) is 2.96. The third kappa shape index (κ3) is 4.82. The van der Waals surface area contributed by atoms with Gasteiger partial charge in [0.1, 0.15) is 12.5 Å². The molecule has 1 aliphatic rings. The normalized spacial score (nSPS) is 14.7. The Labute approximate surface area is 178 Å². The standard InChI is InChI=1S/C23H30O4SSi/c1-16-19(15-20(28-16)22-25-13-14-26-22)21(24)18-10-8-7-9-17(18)11-12-27-29(5,6)23(2,3)4/h7-10,13-15,22H,11-12H2,1-6H3. The third-order valence-corrected chi connectivity index (χ3v) is 11.4. The van der Waals surface area contributed by atoms with Crippen molar-refractivity contribution in [3.05, 3.63) is 69.3 Å². The van der Waals surface area contributed by atoms with Crippen molar-refractivity contribution in [1.29, 1.82) is 0 Å². The molecule has 6 heteroatoms. The molecule has 1 aromatic heterocycles. The van der Waals surface area contributed by atoms with Crippen LogP contribution >= 0.6 is 11.3 Å². The Bertz CT molecular complexity index is 900. The summed E-state index contributed by atoms with van der Waals surface area (Å²) in [6, 6.07) is 9.73. The Morgan fingerprint density at radius 1 is 1.14 bits per heavy atom. The number of benzene rings is 1. The number of hydrogen-bond donors (Lipinski definition) is 0. The third-order valence-electron chi connectivity index (χ3n) is 5.78. The fourth-order valence-corrected chi connectivity index (χ4v) is 5.00. The van der Waals surface area contributed by atoms with Crippen molar-refractivity contribution in [2.24, 2.45) is 0 Å². The minimum atomic E-state index is -1.81. The first-order valence-electron chi connectivity index (χ1n) is 9.93. The second kappa shape index (κ2) is 8.46. The number of ketones is 1. The Hall–Kier alpha value is -1.89. The van der Waals surface area contributed by atoms with Gasteiger partial charge in [0.2, 0.25) is 0 Å². The molecular formula is C23H30O4SSi. The molecule has 0 unspecified atom stereocenters. The highest BCUT2D eigenvalue weighted by Crippen LogP contribution is 2.37. The zero-order chi connectivity index (χ0) is 21.2. The van der Waals surface area contributed by atoms with Crippen LogP contribution in [0.3, 0.4) is 0 Å². The maximum absolute atomic E-state index is 13.3. The van der Waals surface area contributed by atoms with E-state index in [-0.39, 0.29) is 10.8 Å². The van der Waals surface area contributed by atoms with E-state index in [1.165, 1.54) is 23.9 Å². The first kappa shape index (κ1) is 21.8. The molecular weight excluding hydrogens is 400 g/mol. The average molecular weight is 431 g/mol. The topological polar surface area (TPSA) is 44.8 Å². The zero-order valence-corrected chi connectivity index (χ0v) is 19.9. The van der Waals surface area contributed by atoms with Gasteiger partial charge in [-0.3, -0.25) is 4.79 Å². The second-order valence-electron chi connectivity index (χ2n) is 8.84. The van der Waals surface area contributed by atoms with Crippen molar-refractivity contribution in [3.63, 3.8) is 0 Å². The fraction of sp³-hybridized carbons (Fsp3) is 0.435. The molecule has 1 aromatic carbocycles. The van der Waals surface area contributed by atoms with Crippen LogP contribution in [0.2, 0.25) is 18.1 Å². The lowest BCUT2D eigenvalue weighted by Gasteiger charge is -2.36. The number of aryl methyl sites for hydroxylation is 1. The van der Waals surface area contributed by atoms with Crippen molar-refractivity contribution >= 4 is 25.4 Å². The van der Waals surface area contributed by atoms with E-state index in [1.807, 2.05) is 37.3 Å². The maximum Gasteiger partial charge on any atom is 0.275 e. The van der Waals surface area contributed by atoms with Gasteiger partial charge in [-0.2, -0.15) is 0 Å². The van der Waals surface area contributed by atoms with Crippen molar-refractivity contribution in [2.45, 2.75) is 58.5 Å².